The van der Waals surface area contributed by atoms with Crippen molar-refractivity contribution in [3.63, 3.8) is 0 Å². The number of hydrogen-bond donors (Lipinski definition) is 1. The molecule has 8 nitrogen and oxygen atoms in total. The fraction of sp³-hybridized carbons (Fsp3) is 0.318. The Bertz CT molecular complexity index is 1150. The maximum atomic E-state index is 13.5. The number of ether oxygens (including phenoxy) is 1. The van der Waals surface area contributed by atoms with Crippen molar-refractivity contribution in [2.24, 2.45) is 0 Å². The minimum Gasteiger partial charge on any atom is -0.449 e. The quantitative estimate of drug-likeness (QED) is 0.675. The number of benzene rings is 2. The Balaban J connectivity index is 1.25. The van der Waals surface area contributed by atoms with E-state index >= 15 is 0 Å². The molecule has 3 aromatic rings. The molecule has 3 aliphatic rings. The number of nitrogens with one attached hydrogen (secondary N) is 1. The van der Waals surface area contributed by atoms with Crippen LogP contribution >= 0.6 is 0 Å². The highest BCUT2D eigenvalue weighted by atomic mass is 16.6. The van der Waals surface area contributed by atoms with Crippen molar-refractivity contribution in [3.8, 4) is 11.4 Å². The molecule has 1 N–H and O–H groups in total. The van der Waals surface area contributed by atoms with Crippen LogP contribution in [0, 0.1) is 0 Å². The number of likely N-dealkylation sites (tertiary alicyclic amines) is 1. The lowest BCUT2D eigenvalue weighted by Gasteiger charge is -2.27. The number of carbonyl (C=O) groups is 2. The van der Waals surface area contributed by atoms with Gasteiger partial charge in [-0.05, 0) is 34.9 Å². The molecule has 150 valence electrons. The maximum Gasteiger partial charge on any atom is 0.339 e. The van der Waals surface area contributed by atoms with Crippen LogP contribution in [-0.2, 0) is 20.5 Å². The van der Waals surface area contributed by atoms with Gasteiger partial charge in [-0.2, -0.15) is 0 Å². The molecular formula is C22H19N5O3. The first-order valence-electron chi connectivity index (χ1n) is 10.1. The van der Waals surface area contributed by atoms with Crippen LogP contribution in [0.2, 0.25) is 0 Å². The van der Waals surface area contributed by atoms with Gasteiger partial charge in [0.2, 0.25) is 5.91 Å². The molecule has 1 aromatic heterocycles. The first-order valence-corrected chi connectivity index (χ1v) is 10.1. The molecule has 0 bridgehead atoms. The van der Waals surface area contributed by atoms with E-state index in [2.05, 4.69) is 20.6 Å². The van der Waals surface area contributed by atoms with E-state index in [1.807, 2.05) is 47.4 Å². The standard InChI is InChI=1S/C22H19N5O3/c28-19-16-3-1-2-4-17(16)22(30-19)11-12-27(13-22)20(29)21(9-10-21)15-7-5-14(6-8-15)18-23-25-26-24-18/h1-8H,9-13H2,(H,23,24,25,26)/t22-/m0/s1. The van der Waals surface area contributed by atoms with E-state index in [0.717, 1.165) is 29.5 Å². The minimum atomic E-state index is -0.706. The Hall–Kier alpha value is -3.55. The highest BCUT2D eigenvalue weighted by Gasteiger charge is 2.57. The smallest absolute Gasteiger partial charge is 0.339 e. The highest BCUT2D eigenvalue weighted by molar-refractivity contribution is 5.96. The molecular weight excluding hydrogens is 382 g/mol. The Morgan fingerprint density at radius 2 is 1.87 bits per heavy atom. The van der Waals surface area contributed by atoms with Crippen LogP contribution in [-0.4, -0.2) is 50.5 Å². The second-order valence-corrected chi connectivity index (χ2v) is 8.32. The van der Waals surface area contributed by atoms with E-state index in [-0.39, 0.29) is 11.9 Å². The van der Waals surface area contributed by atoms with Gasteiger partial charge in [0.25, 0.3) is 0 Å². The van der Waals surface area contributed by atoms with E-state index in [1.54, 1.807) is 6.07 Å². The first kappa shape index (κ1) is 17.3. The fourth-order valence-electron chi connectivity index (χ4n) is 4.89. The Labute approximate surface area is 172 Å². The third kappa shape index (κ3) is 2.36. The van der Waals surface area contributed by atoms with Gasteiger partial charge in [-0.1, -0.05) is 42.5 Å². The second kappa shape index (κ2) is 5.98. The fourth-order valence-corrected chi connectivity index (χ4v) is 4.89. The number of tetrazole rings is 1. The molecule has 1 saturated carbocycles. The number of amides is 1. The molecule has 30 heavy (non-hydrogen) atoms. The zero-order chi connectivity index (χ0) is 20.3. The summed E-state index contributed by atoms with van der Waals surface area (Å²) in [4.78, 5) is 27.7. The van der Waals surface area contributed by atoms with Crippen molar-refractivity contribution in [2.75, 3.05) is 13.1 Å². The number of fused-ring (bicyclic) bond motifs is 2. The Morgan fingerprint density at radius 1 is 1.07 bits per heavy atom. The first-order chi connectivity index (χ1) is 14.6. The van der Waals surface area contributed by atoms with E-state index in [4.69, 9.17) is 4.74 Å². The minimum absolute atomic E-state index is 0.119. The van der Waals surface area contributed by atoms with Gasteiger partial charge >= 0.3 is 5.97 Å². The highest BCUT2D eigenvalue weighted by Crippen LogP contribution is 2.52. The number of rotatable bonds is 3. The summed E-state index contributed by atoms with van der Waals surface area (Å²) in [6.45, 7) is 1.00. The number of esters is 1. The molecule has 8 heteroatoms. The predicted molar refractivity (Wildman–Crippen MR) is 105 cm³/mol. The van der Waals surface area contributed by atoms with Gasteiger partial charge in [0.1, 0.15) is 0 Å². The normalized spacial score (nSPS) is 23.5. The Kier molecular flexibility index (Phi) is 3.45. The molecule has 1 aliphatic carbocycles. The lowest BCUT2D eigenvalue weighted by atomic mass is 9.91. The van der Waals surface area contributed by atoms with Crippen molar-refractivity contribution < 1.29 is 14.3 Å². The van der Waals surface area contributed by atoms with E-state index in [1.165, 1.54) is 0 Å². The summed E-state index contributed by atoms with van der Waals surface area (Å²) >= 11 is 0. The van der Waals surface area contributed by atoms with Gasteiger partial charge in [0.15, 0.2) is 11.4 Å². The van der Waals surface area contributed by atoms with Gasteiger partial charge in [0.05, 0.1) is 17.5 Å². The van der Waals surface area contributed by atoms with Crippen molar-refractivity contribution in [2.45, 2.75) is 30.3 Å². The van der Waals surface area contributed by atoms with Crippen LogP contribution < -0.4 is 0 Å². The molecule has 1 amide bonds. The molecule has 1 spiro atoms. The largest absolute Gasteiger partial charge is 0.449 e. The Morgan fingerprint density at radius 3 is 2.60 bits per heavy atom. The predicted octanol–water partition coefficient (Wildman–Crippen LogP) is 2.20. The molecule has 0 unspecified atom stereocenters. The van der Waals surface area contributed by atoms with Crippen LogP contribution in [0.4, 0.5) is 0 Å². The van der Waals surface area contributed by atoms with Gasteiger partial charge < -0.3 is 9.64 Å². The van der Waals surface area contributed by atoms with Gasteiger partial charge in [-0.3, -0.25) is 4.79 Å². The zero-order valence-electron chi connectivity index (χ0n) is 16.2. The number of hydrogen-bond acceptors (Lipinski definition) is 6. The van der Waals surface area contributed by atoms with E-state index in [0.29, 0.717) is 30.9 Å². The zero-order valence-corrected chi connectivity index (χ0v) is 16.2. The summed E-state index contributed by atoms with van der Waals surface area (Å²) in [6.07, 6.45) is 2.29. The summed E-state index contributed by atoms with van der Waals surface area (Å²) in [5.74, 6) is 0.424. The maximum absolute atomic E-state index is 13.5. The summed E-state index contributed by atoms with van der Waals surface area (Å²) in [6, 6.07) is 15.3. The molecule has 1 atom stereocenters. The molecule has 0 radical (unpaired) electrons. The second-order valence-electron chi connectivity index (χ2n) is 8.32. The monoisotopic (exact) mass is 401 g/mol. The van der Waals surface area contributed by atoms with Crippen molar-refractivity contribution >= 4 is 11.9 Å². The van der Waals surface area contributed by atoms with Crippen LogP contribution in [0.25, 0.3) is 11.4 Å². The summed E-state index contributed by atoms with van der Waals surface area (Å²) < 4.78 is 5.80. The van der Waals surface area contributed by atoms with Crippen LogP contribution in [0.3, 0.4) is 0 Å². The van der Waals surface area contributed by atoms with Crippen molar-refractivity contribution in [1.29, 1.82) is 0 Å². The summed E-state index contributed by atoms with van der Waals surface area (Å²) in [5, 5.41) is 13.9. The van der Waals surface area contributed by atoms with Gasteiger partial charge in [-0.15, -0.1) is 5.10 Å². The number of carbonyl (C=O) groups excluding carboxylic acids is 2. The number of aromatic amines is 1. The van der Waals surface area contributed by atoms with Crippen LogP contribution in [0.15, 0.2) is 48.5 Å². The van der Waals surface area contributed by atoms with Gasteiger partial charge in [-0.25, -0.2) is 9.89 Å². The SMILES string of the molecule is O=C1O[C@]2(CCN(C(=O)C3(c4ccc(-c5nnn[nH]5)cc4)CC3)C2)c2ccccc21. The van der Waals surface area contributed by atoms with Crippen LogP contribution in [0.5, 0.6) is 0 Å². The molecule has 6 rings (SSSR count). The topological polar surface area (TPSA) is 101 Å². The molecule has 2 aliphatic heterocycles. The number of H-pyrrole nitrogens is 1. The lowest BCUT2D eigenvalue weighted by molar-refractivity contribution is -0.134. The van der Waals surface area contributed by atoms with Crippen molar-refractivity contribution in [1.82, 2.24) is 25.5 Å². The number of aromatic nitrogens is 4. The molecule has 2 fully saturated rings. The van der Waals surface area contributed by atoms with Gasteiger partial charge in [0, 0.05) is 24.1 Å². The molecule has 1 saturated heterocycles. The van der Waals surface area contributed by atoms with Crippen molar-refractivity contribution in [3.05, 3.63) is 65.2 Å². The lowest BCUT2D eigenvalue weighted by Crippen LogP contribution is -2.40. The third-order valence-electron chi connectivity index (χ3n) is 6.66. The van der Waals surface area contributed by atoms with E-state index < -0.39 is 11.0 Å². The third-order valence-corrected chi connectivity index (χ3v) is 6.66. The summed E-state index contributed by atoms with van der Waals surface area (Å²) in [5.41, 5.74) is 2.22. The average molecular weight is 401 g/mol. The molecule has 2 aromatic carbocycles. The van der Waals surface area contributed by atoms with Crippen LogP contribution in [0.1, 0.15) is 40.7 Å². The number of nitrogens with zero attached hydrogens (tertiary/aromatic N) is 4. The molecule has 3 heterocycles. The van der Waals surface area contributed by atoms with E-state index in [9.17, 15) is 9.59 Å². The average Bonchev–Trinajstić information content (AvgIpc) is 3.13. The summed E-state index contributed by atoms with van der Waals surface area (Å²) in [7, 11) is 0.